The summed E-state index contributed by atoms with van der Waals surface area (Å²) < 4.78 is 10.1. The van der Waals surface area contributed by atoms with Gasteiger partial charge in [-0.1, -0.05) is 0 Å². The minimum absolute atomic E-state index is 0.0716. The zero-order chi connectivity index (χ0) is 27.2. The quantitative estimate of drug-likeness (QED) is 0.378. The lowest BCUT2D eigenvalue weighted by Crippen LogP contribution is -2.47. The number of imide groups is 1. The molecule has 0 unspecified atom stereocenters. The molecule has 37 heavy (non-hydrogen) atoms. The average Bonchev–Trinajstić information content (AvgIpc) is 3.07. The Balaban J connectivity index is 1.45. The first-order valence-corrected chi connectivity index (χ1v) is 12.5. The Hall–Kier alpha value is -3.47. The molecule has 0 radical (unpaired) electrons. The molecule has 1 aromatic carbocycles. The fourth-order valence-corrected chi connectivity index (χ4v) is 4.29. The number of carbonyl (C=O) groups excluding carboxylic acids is 5. The second-order valence-corrected chi connectivity index (χ2v) is 10.2. The fraction of sp³-hybridized carbons (Fsp3) is 0.577. The molecule has 2 N–H and O–H groups in total. The molecule has 11 nitrogen and oxygen atoms in total. The summed E-state index contributed by atoms with van der Waals surface area (Å²) in [7, 11) is 1.56. The molecule has 0 bridgehead atoms. The van der Waals surface area contributed by atoms with Gasteiger partial charge in [-0.15, -0.1) is 0 Å². The van der Waals surface area contributed by atoms with Crippen LogP contribution in [0.5, 0.6) is 0 Å². The van der Waals surface area contributed by atoms with E-state index in [0.29, 0.717) is 50.1 Å². The van der Waals surface area contributed by atoms with E-state index in [1.54, 1.807) is 38.8 Å². The molecule has 1 saturated heterocycles. The summed E-state index contributed by atoms with van der Waals surface area (Å²) in [5.41, 5.74) is 0.241. The lowest BCUT2D eigenvalue weighted by Gasteiger charge is -2.32. The molecule has 202 valence electrons. The molecule has 1 aromatic rings. The van der Waals surface area contributed by atoms with E-state index in [4.69, 9.17) is 9.47 Å². The molecule has 3 rings (SSSR count). The van der Waals surface area contributed by atoms with E-state index >= 15 is 0 Å². The van der Waals surface area contributed by atoms with Gasteiger partial charge in [0.05, 0.1) is 11.1 Å². The van der Waals surface area contributed by atoms with E-state index < -0.39 is 17.6 Å². The molecule has 0 spiro atoms. The predicted molar refractivity (Wildman–Crippen MR) is 134 cm³/mol. The van der Waals surface area contributed by atoms with Crippen molar-refractivity contribution in [3.8, 4) is 0 Å². The minimum atomic E-state index is -0.600. The lowest BCUT2D eigenvalue weighted by molar-refractivity contribution is -0.132. The van der Waals surface area contributed by atoms with Crippen LogP contribution in [0.15, 0.2) is 18.2 Å². The van der Waals surface area contributed by atoms with Crippen LogP contribution >= 0.6 is 0 Å². The van der Waals surface area contributed by atoms with Crippen LogP contribution in [0.4, 0.5) is 4.79 Å². The van der Waals surface area contributed by atoms with Crippen molar-refractivity contribution in [1.29, 1.82) is 0 Å². The number of amides is 5. The SMILES string of the molecule is COCCCN1C(=O)c2ccc(C(=O)NC3CCN(C(=O)CCNC(=O)OC(C)(C)C)CC3)cc2C1=O. The second-order valence-electron chi connectivity index (χ2n) is 10.2. The number of likely N-dealkylation sites (tertiary alicyclic amines) is 1. The summed E-state index contributed by atoms with van der Waals surface area (Å²) in [5.74, 6) is -1.16. The molecule has 2 heterocycles. The number of nitrogens with zero attached hydrogens (tertiary/aromatic N) is 2. The molecule has 0 saturated carbocycles. The highest BCUT2D eigenvalue weighted by molar-refractivity contribution is 6.22. The smallest absolute Gasteiger partial charge is 0.407 e. The number of hydrogen-bond donors (Lipinski definition) is 2. The van der Waals surface area contributed by atoms with Gasteiger partial charge < -0.3 is 25.0 Å². The Kier molecular flexibility index (Phi) is 9.25. The van der Waals surface area contributed by atoms with Crippen LogP contribution in [-0.4, -0.2) is 91.1 Å². The van der Waals surface area contributed by atoms with E-state index in [2.05, 4.69) is 10.6 Å². The van der Waals surface area contributed by atoms with Crippen LogP contribution in [0.25, 0.3) is 0 Å². The first kappa shape index (κ1) is 28.1. The van der Waals surface area contributed by atoms with Crippen molar-refractivity contribution in [2.75, 3.05) is 39.9 Å². The highest BCUT2D eigenvalue weighted by Crippen LogP contribution is 2.24. The number of ether oxygens (including phenoxy) is 2. The van der Waals surface area contributed by atoms with Crippen molar-refractivity contribution in [1.82, 2.24) is 20.4 Å². The third kappa shape index (κ3) is 7.51. The Labute approximate surface area is 216 Å². The van der Waals surface area contributed by atoms with Crippen molar-refractivity contribution < 1.29 is 33.4 Å². The first-order valence-electron chi connectivity index (χ1n) is 12.5. The maximum absolute atomic E-state index is 12.8. The average molecular weight is 517 g/mol. The third-order valence-electron chi connectivity index (χ3n) is 6.15. The van der Waals surface area contributed by atoms with E-state index in [9.17, 15) is 24.0 Å². The van der Waals surface area contributed by atoms with Gasteiger partial charge in [0.2, 0.25) is 5.91 Å². The van der Waals surface area contributed by atoms with Gasteiger partial charge in [0.25, 0.3) is 17.7 Å². The highest BCUT2D eigenvalue weighted by atomic mass is 16.6. The molecule has 1 fully saturated rings. The molecule has 11 heteroatoms. The predicted octanol–water partition coefficient (Wildman–Crippen LogP) is 1.95. The molecular formula is C26H36N4O7. The number of alkyl carbamates (subject to hydrolysis) is 1. The Morgan fingerprint density at radius 1 is 1.05 bits per heavy atom. The maximum Gasteiger partial charge on any atom is 0.407 e. The lowest BCUT2D eigenvalue weighted by atomic mass is 10.0. The summed E-state index contributed by atoms with van der Waals surface area (Å²) >= 11 is 0. The van der Waals surface area contributed by atoms with E-state index in [1.807, 2.05) is 0 Å². The fourth-order valence-electron chi connectivity index (χ4n) is 4.29. The van der Waals surface area contributed by atoms with Gasteiger partial charge in [0.15, 0.2) is 0 Å². The Morgan fingerprint density at radius 2 is 1.73 bits per heavy atom. The van der Waals surface area contributed by atoms with Gasteiger partial charge >= 0.3 is 6.09 Å². The number of hydrogen-bond acceptors (Lipinski definition) is 7. The summed E-state index contributed by atoms with van der Waals surface area (Å²) in [6.45, 7) is 7.17. The summed E-state index contributed by atoms with van der Waals surface area (Å²) in [4.78, 5) is 65.2. The summed E-state index contributed by atoms with van der Waals surface area (Å²) in [6, 6.07) is 4.42. The van der Waals surface area contributed by atoms with Crippen LogP contribution in [0, 0.1) is 0 Å². The van der Waals surface area contributed by atoms with Gasteiger partial charge in [-0.05, 0) is 58.2 Å². The monoisotopic (exact) mass is 516 g/mol. The Morgan fingerprint density at radius 3 is 2.38 bits per heavy atom. The number of nitrogens with one attached hydrogen (secondary N) is 2. The van der Waals surface area contributed by atoms with Gasteiger partial charge in [-0.25, -0.2) is 4.79 Å². The number of rotatable bonds is 9. The van der Waals surface area contributed by atoms with Crippen LogP contribution in [0.3, 0.4) is 0 Å². The van der Waals surface area contributed by atoms with Gasteiger partial charge in [-0.2, -0.15) is 0 Å². The van der Waals surface area contributed by atoms with Crippen molar-refractivity contribution >= 4 is 29.7 Å². The summed E-state index contributed by atoms with van der Waals surface area (Å²) in [6.07, 6.45) is 1.33. The molecule has 0 aliphatic carbocycles. The first-order chi connectivity index (χ1) is 17.5. The normalized spacial score (nSPS) is 16.0. The number of methoxy groups -OCH3 is 1. The van der Waals surface area contributed by atoms with Crippen molar-refractivity contribution in [2.24, 2.45) is 0 Å². The largest absolute Gasteiger partial charge is 0.444 e. The number of fused-ring (bicyclic) bond motifs is 1. The van der Waals surface area contributed by atoms with E-state index in [1.165, 1.54) is 17.0 Å². The number of benzene rings is 1. The van der Waals surface area contributed by atoms with Crippen molar-refractivity contribution in [3.05, 3.63) is 34.9 Å². The van der Waals surface area contributed by atoms with Crippen LogP contribution in [0.1, 0.15) is 77.5 Å². The molecular weight excluding hydrogens is 480 g/mol. The topological polar surface area (TPSA) is 134 Å². The number of piperidine rings is 1. The van der Waals surface area contributed by atoms with Crippen molar-refractivity contribution in [2.45, 2.75) is 58.1 Å². The highest BCUT2D eigenvalue weighted by Gasteiger charge is 2.35. The molecule has 0 aromatic heterocycles. The molecule has 2 aliphatic rings. The van der Waals surface area contributed by atoms with Gasteiger partial charge in [-0.3, -0.25) is 24.1 Å². The zero-order valence-corrected chi connectivity index (χ0v) is 21.9. The summed E-state index contributed by atoms with van der Waals surface area (Å²) in [5, 5.41) is 5.55. The number of carbonyl (C=O) groups is 5. The molecule has 2 aliphatic heterocycles. The van der Waals surface area contributed by atoms with E-state index in [0.717, 1.165) is 0 Å². The van der Waals surface area contributed by atoms with Crippen LogP contribution in [-0.2, 0) is 14.3 Å². The second kappa shape index (κ2) is 12.2. The van der Waals surface area contributed by atoms with Crippen LogP contribution < -0.4 is 10.6 Å². The Bertz CT molecular complexity index is 1040. The zero-order valence-electron chi connectivity index (χ0n) is 21.9. The van der Waals surface area contributed by atoms with Crippen LogP contribution in [0.2, 0.25) is 0 Å². The molecule has 5 amide bonds. The minimum Gasteiger partial charge on any atom is -0.444 e. The standard InChI is InChI=1S/C26H36N4O7/c1-26(2,3)37-25(35)27-11-8-21(31)29-13-9-18(10-14-29)28-22(32)17-6-7-19-20(16-17)24(34)30(23(19)33)12-5-15-36-4/h6-7,16,18H,5,8-15H2,1-4H3,(H,27,35)(H,28,32). The third-order valence-corrected chi connectivity index (χ3v) is 6.15. The maximum atomic E-state index is 12.8. The van der Waals surface area contributed by atoms with Crippen molar-refractivity contribution in [3.63, 3.8) is 0 Å². The van der Waals surface area contributed by atoms with Gasteiger partial charge in [0, 0.05) is 57.9 Å². The van der Waals surface area contributed by atoms with E-state index in [-0.39, 0.29) is 48.8 Å². The molecule has 0 atom stereocenters. The van der Waals surface area contributed by atoms with Gasteiger partial charge in [0.1, 0.15) is 5.60 Å².